The van der Waals surface area contributed by atoms with Gasteiger partial charge >= 0.3 is 5.97 Å². The Morgan fingerprint density at radius 2 is 1.94 bits per heavy atom. The maximum Gasteiger partial charge on any atom is 0.326 e. The van der Waals surface area contributed by atoms with Crippen molar-refractivity contribution in [1.29, 1.82) is 0 Å². The zero-order chi connectivity index (χ0) is 14.3. The molecule has 6 heteroatoms. The molecule has 0 saturated heterocycles. The van der Waals surface area contributed by atoms with Gasteiger partial charge in [-0.15, -0.1) is 0 Å². The highest BCUT2D eigenvalue weighted by Crippen LogP contribution is 2.17. The fourth-order valence-corrected chi connectivity index (χ4v) is 1.34. The Morgan fingerprint density at radius 3 is 2.33 bits per heavy atom. The van der Waals surface area contributed by atoms with Crippen LogP contribution in [-0.4, -0.2) is 42.8 Å². The van der Waals surface area contributed by atoms with E-state index in [-0.39, 0.29) is 0 Å². The van der Waals surface area contributed by atoms with Crippen LogP contribution in [0.3, 0.4) is 0 Å². The lowest BCUT2D eigenvalue weighted by Gasteiger charge is -2.27. The van der Waals surface area contributed by atoms with Crippen molar-refractivity contribution in [2.24, 2.45) is 11.1 Å². The Balaban J connectivity index is 4.41. The number of nitrogens with one attached hydrogen (secondary N) is 1. The Hall–Kier alpha value is -1.14. The first kappa shape index (κ1) is 16.9. The van der Waals surface area contributed by atoms with Gasteiger partial charge in [0.25, 0.3) is 0 Å². The number of hydrogen-bond acceptors (Lipinski definition) is 4. The minimum atomic E-state index is -1.06. The summed E-state index contributed by atoms with van der Waals surface area (Å²) in [4.78, 5) is 22.8. The number of carboxylic acids is 1. The van der Waals surface area contributed by atoms with Crippen LogP contribution >= 0.6 is 0 Å². The van der Waals surface area contributed by atoms with Crippen molar-refractivity contribution in [2.45, 2.75) is 45.7 Å². The first-order valence-electron chi connectivity index (χ1n) is 5.98. The summed E-state index contributed by atoms with van der Waals surface area (Å²) in [6.45, 7) is 5.96. The quantitative estimate of drug-likeness (QED) is 0.573. The van der Waals surface area contributed by atoms with Gasteiger partial charge < -0.3 is 20.9 Å². The number of hydrogen-bond donors (Lipinski definition) is 3. The number of methoxy groups -OCH3 is 1. The molecule has 1 amide bonds. The van der Waals surface area contributed by atoms with Crippen molar-refractivity contribution >= 4 is 11.9 Å². The second-order valence-corrected chi connectivity index (χ2v) is 5.38. The lowest BCUT2D eigenvalue weighted by atomic mass is 9.87. The standard InChI is InChI=1S/C12H24N2O4/c1-12(2,3)9(13)10(15)14-8(11(16)17)6-5-7-18-4/h8-9H,5-7,13H2,1-4H3,(H,14,15)(H,16,17). The van der Waals surface area contributed by atoms with Crippen LogP contribution in [0.1, 0.15) is 33.6 Å². The highest BCUT2D eigenvalue weighted by atomic mass is 16.5. The molecule has 0 heterocycles. The van der Waals surface area contributed by atoms with E-state index in [0.29, 0.717) is 19.4 Å². The SMILES string of the molecule is COCCCC(NC(=O)C(N)C(C)(C)C)C(=O)O. The second-order valence-electron chi connectivity index (χ2n) is 5.38. The molecule has 106 valence electrons. The lowest BCUT2D eigenvalue weighted by Crippen LogP contribution is -2.53. The van der Waals surface area contributed by atoms with Crippen LogP contribution in [0.5, 0.6) is 0 Å². The molecule has 0 aliphatic rings. The van der Waals surface area contributed by atoms with Gasteiger partial charge in [-0.25, -0.2) is 4.79 Å². The predicted octanol–water partition coefficient (Wildman–Crippen LogP) is 0.356. The number of aliphatic carboxylic acids is 1. The number of rotatable bonds is 7. The number of carboxylic acid groups (broad SMARTS) is 1. The molecular weight excluding hydrogens is 236 g/mol. The fourth-order valence-electron chi connectivity index (χ4n) is 1.34. The van der Waals surface area contributed by atoms with E-state index in [1.54, 1.807) is 7.11 Å². The molecule has 0 rings (SSSR count). The van der Waals surface area contributed by atoms with Crippen LogP contribution in [-0.2, 0) is 14.3 Å². The molecule has 0 radical (unpaired) electrons. The summed E-state index contributed by atoms with van der Waals surface area (Å²) in [5.74, 6) is -1.49. The third-order valence-corrected chi connectivity index (χ3v) is 2.67. The minimum Gasteiger partial charge on any atom is -0.480 e. The van der Waals surface area contributed by atoms with E-state index < -0.39 is 29.4 Å². The van der Waals surface area contributed by atoms with Crippen molar-refractivity contribution in [2.75, 3.05) is 13.7 Å². The summed E-state index contributed by atoms with van der Waals surface area (Å²) in [5, 5.41) is 11.5. The number of nitrogens with two attached hydrogens (primary N) is 1. The van der Waals surface area contributed by atoms with E-state index in [4.69, 9.17) is 15.6 Å². The average molecular weight is 260 g/mol. The highest BCUT2D eigenvalue weighted by Gasteiger charge is 2.30. The van der Waals surface area contributed by atoms with Crippen LogP contribution in [0.25, 0.3) is 0 Å². The Bertz CT molecular complexity index is 286. The molecule has 6 nitrogen and oxygen atoms in total. The molecule has 0 fully saturated rings. The van der Waals surface area contributed by atoms with Gasteiger partial charge in [0.2, 0.25) is 5.91 Å². The van der Waals surface area contributed by atoms with E-state index in [1.807, 2.05) is 20.8 Å². The van der Waals surface area contributed by atoms with Crippen molar-refractivity contribution in [3.05, 3.63) is 0 Å². The van der Waals surface area contributed by atoms with Crippen molar-refractivity contribution in [1.82, 2.24) is 5.32 Å². The summed E-state index contributed by atoms with van der Waals surface area (Å²) in [5.41, 5.74) is 5.36. The maximum atomic E-state index is 11.8. The molecule has 0 aromatic rings. The summed E-state index contributed by atoms with van der Waals surface area (Å²) < 4.78 is 4.85. The third-order valence-electron chi connectivity index (χ3n) is 2.67. The summed E-state index contributed by atoms with van der Waals surface area (Å²) in [7, 11) is 1.55. The summed E-state index contributed by atoms with van der Waals surface area (Å²) in [6, 6.07) is -1.65. The van der Waals surface area contributed by atoms with Gasteiger partial charge in [-0.2, -0.15) is 0 Å². The van der Waals surface area contributed by atoms with Crippen molar-refractivity contribution in [3.8, 4) is 0 Å². The monoisotopic (exact) mass is 260 g/mol. The molecule has 18 heavy (non-hydrogen) atoms. The van der Waals surface area contributed by atoms with E-state index in [0.717, 1.165) is 0 Å². The lowest BCUT2D eigenvalue weighted by molar-refractivity contribution is -0.142. The third kappa shape index (κ3) is 5.97. The van der Waals surface area contributed by atoms with Crippen LogP contribution in [0.15, 0.2) is 0 Å². The molecule has 0 aliphatic heterocycles. The number of ether oxygens (including phenoxy) is 1. The second kappa shape index (κ2) is 7.33. The normalized spacial score (nSPS) is 14.9. The number of carbonyl (C=O) groups excluding carboxylic acids is 1. The van der Waals surface area contributed by atoms with E-state index in [2.05, 4.69) is 5.32 Å². The first-order valence-corrected chi connectivity index (χ1v) is 5.98. The molecule has 4 N–H and O–H groups in total. The zero-order valence-electron chi connectivity index (χ0n) is 11.5. The Kier molecular flexibility index (Phi) is 6.86. The molecule has 0 saturated carbocycles. The topological polar surface area (TPSA) is 102 Å². The molecule has 0 bridgehead atoms. The fraction of sp³-hybridized carbons (Fsp3) is 0.833. The minimum absolute atomic E-state index is 0.325. The molecule has 2 unspecified atom stereocenters. The Labute approximate surface area is 108 Å². The largest absolute Gasteiger partial charge is 0.480 e. The first-order chi connectivity index (χ1) is 8.20. The number of carbonyl (C=O) groups is 2. The van der Waals surface area contributed by atoms with Crippen molar-refractivity contribution < 1.29 is 19.4 Å². The van der Waals surface area contributed by atoms with Crippen molar-refractivity contribution in [3.63, 3.8) is 0 Å². The molecule has 0 aromatic carbocycles. The predicted molar refractivity (Wildman–Crippen MR) is 68.1 cm³/mol. The Morgan fingerprint density at radius 1 is 1.39 bits per heavy atom. The van der Waals surface area contributed by atoms with Crippen LogP contribution in [0, 0.1) is 5.41 Å². The van der Waals surface area contributed by atoms with Crippen LogP contribution in [0.2, 0.25) is 0 Å². The van der Waals surface area contributed by atoms with E-state index in [1.165, 1.54) is 0 Å². The van der Waals surface area contributed by atoms with Gasteiger partial charge in [0.05, 0.1) is 6.04 Å². The maximum absolute atomic E-state index is 11.8. The van der Waals surface area contributed by atoms with Gasteiger partial charge in [0, 0.05) is 13.7 Å². The van der Waals surface area contributed by atoms with Crippen LogP contribution in [0.4, 0.5) is 0 Å². The molecule has 0 aromatic heterocycles. The van der Waals surface area contributed by atoms with Crippen LogP contribution < -0.4 is 11.1 Å². The molecule has 0 aliphatic carbocycles. The molecular formula is C12H24N2O4. The van der Waals surface area contributed by atoms with Gasteiger partial charge in [-0.3, -0.25) is 4.79 Å². The molecule has 0 spiro atoms. The van der Waals surface area contributed by atoms with Gasteiger partial charge in [-0.1, -0.05) is 20.8 Å². The van der Waals surface area contributed by atoms with Gasteiger partial charge in [-0.05, 0) is 18.3 Å². The van der Waals surface area contributed by atoms with Gasteiger partial charge in [0.15, 0.2) is 0 Å². The summed E-state index contributed by atoms with van der Waals surface area (Å²) >= 11 is 0. The summed E-state index contributed by atoms with van der Waals surface area (Å²) in [6.07, 6.45) is 0.893. The highest BCUT2D eigenvalue weighted by molar-refractivity contribution is 5.87. The van der Waals surface area contributed by atoms with E-state index >= 15 is 0 Å². The van der Waals surface area contributed by atoms with E-state index in [9.17, 15) is 9.59 Å². The average Bonchev–Trinajstić information content (AvgIpc) is 2.25. The smallest absolute Gasteiger partial charge is 0.326 e. The van der Waals surface area contributed by atoms with Gasteiger partial charge in [0.1, 0.15) is 6.04 Å². The number of amides is 1. The zero-order valence-corrected chi connectivity index (χ0v) is 11.5. The molecule has 2 atom stereocenters.